The van der Waals surface area contributed by atoms with Crippen molar-refractivity contribution >= 4 is 36.4 Å². The first-order valence-electron chi connectivity index (χ1n) is 10.7. The maximum atomic E-state index is 11.9. The third-order valence-corrected chi connectivity index (χ3v) is 3.54. The van der Waals surface area contributed by atoms with Crippen molar-refractivity contribution in [2.75, 3.05) is 46.4 Å². The molecule has 0 fully saturated rings. The number of carbonyl (C=O) groups excluding carboxylic acids is 5. The molecule has 0 saturated carbocycles. The van der Waals surface area contributed by atoms with Crippen molar-refractivity contribution < 1.29 is 57.7 Å². The van der Waals surface area contributed by atoms with E-state index in [4.69, 9.17) is 14.2 Å². The molecule has 0 aromatic carbocycles. The van der Waals surface area contributed by atoms with Gasteiger partial charge in [0.15, 0.2) is 0 Å². The van der Waals surface area contributed by atoms with Crippen LogP contribution in [0.2, 0.25) is 0 Å². The first kappa shape index (κ1) is 32.8. The number of hydrogen-bond donors (Lipinski definition) is 3. The van der Waals surface area contributed by atoms with Gasteiger partial charge in [-0.25, -0.2) is 24.2 Å². The maximum Gasteiger partial charge on any atom is 0.440 e. The Balaban J connectivity index is 3.75. The highest BCUT2D eigenvalue weighted by Gasteiger charge is 2.15. The monoisotopic (exact) mass is 532 g/mol. The molecule has 208 valence electrons. The molecule has 0 rings (SSSR count). The molecule has 0 aromatic rings. The first-order valence-corrected chi connectivity index (χ1v) is 10.7. The van der Waals surface area contributed by atoms with E-state index in [1.807, 2.05) is 0 Å². The van der Waals surface area contributed by atoms with Crippen LogP contribution in [-0.4, -0.2) is 82.8 Å². The molecule has 0 radical (unpaired) electrons. The predicted octanol–water partition coefficient (Wildman–Crippen LogP) is 0.253. The van der Waals surface area contributed by atoms with Crippen molar-refractivity contribution in [2.45, 2.75) is 20.8 Å². The number of aliphatic imine (C=N–C) groups is 1. The zero-order chi connectivity index (χ0) is 28.1. The summed E-state index contributed by atoms with van der Waals surface area (Å²) in [5.41, 5.74) is 0.476. The van der Waals surface area contributed by atoms with Gasteiger partial charge in [0.25, 0.3) is 0 Å². The van der Waals surface area contributed by atoms with Gasteiger partial charge in [-0.2, -0.15) is 9.78 Å². The zero-order valence-electron chi connectivity index (χ0n) is 20.9. The highest BCUT2D eigenvalue weighted by atomic mass is 17.2. The third-order valence-electron chi connectivity index (χ3n) is 3.54. The van der Waals surface area contributed by atoms with Crippen molar-refractivity contribution in [1.29, 1.82) is 0 Å². The van der Waals surface area contributed by atoms with Crippen molar-refractivity contribution in [3.8, 4) is 0 Å². The molecule has 3 N–H and O–H groups in total. The Morgan fingerprint density at radius 2 is 1.41 bits per heavy atom. The highest BCUT2D eigenvalue weighted by Crippen LogP contribution is 1.97. The van der Waals surface area contributed by atoms with Crippen LogP contribution in [0.5, 0.6) is 0 Å². The number of amides is 3. The topological polar surface area (TPSA) is 198 Å². The average Bonchev–Trinajstić information content (AvgIpc) is 2.84. The van der Waals surface area contributed by atoms with Crippen LogP contribution < -0.4 is 16.0 Å². The molecule has 0 aromatic heterocycles. The molecule has 0 aliphatic heterocycles. The molecule has 16 nitrogen and oxygen atoms in total. The van der Waals surface area contributed by atoms with Crippen LogP contribution >= 0.6 is 0 Å². The molecule has 37 heavy (non-hydrogen) atoms. The van der Waals surface area contributed by atoms with Gasteiger partial charge in [0.05, 0.1) is 12.6 Å². The molecule has 1 unspecified atom stereocenters. The molecule has 0 saturated heterocycles. The number of esters is 2. The van der Waals surface area contributed by atoms with Crippen LogP contribution in [0.25, 0.3) is 0 Å². The second kappa shape index (κ2) is 20.1. The fourth-order valence-corrected chi connectivity index (χ4v) is 1.66. The van der Waals surface area contributed by atoms with E-state index in [-0.39, 0.29) is 57.5 Å². The first-order chi connectivity index (χ1) is 17.5. The normalized spacial score (nSPS) is 11.0. The quantitative estimate of drug-likeness (QED) is 0.0251. The molecule has 3 amide bonds. The van der Waals surface area contributed by atoms with E-state index in [1.54, 1.807) is 0 Å². The summed E-state index contributed by atoms with van der Waals surface area (Å²) in [6.45, 7) is 10.2. The second-order valence-electron chi connectivity index (χ2n) is 6.96. The Labute approximate surface area is 213 Å². The molecule has 0 heterocycles. The molecule has 0 spiro atoms. The number of hydrogen-bond acceptors (Lipinski definition) is 13. The highest BCUT2D eigenvalue weighted by molar-refractivity contribution is 5.87. The van der Waals surface area contributed by atoms with E-state index in [9.17, 15) is 24.0 Å². The molecule has 1 atom stereocenters. The molecular weight excluding hydrogens is 500 g/mol. The van der Waals surface area contributed by atoms with Crippen LogP contribution in [0.1, 0.15) is 20.8 Å². The Morgan fingerprint density at radius 1 is 0.811 bits per heavy atom. The molecule has 0 aliphatic rings. The number of carbonyl (C=O) groups is 5. The molecular formula is C21H32N4O12. The number of ether oxygens (including phenoxy) is 3. The van der Waals surface area contributed by atoms with E-state index >= 15 is 0 Å². The van der Waals surface area contributed by atoms with E-state index in [2.05, 4.69) is 53.7 Å². The minimum atomic E-state index is -0.976. The third kappa shape index (κ3) is 18.8. The van der Waals surface area contributed by atoms with Gasteiger partial charge in [-0.05, 0) is 13.8 Å². The van der Waals surface area contributed by atoms with E-state index in [1.165, 1.54) is 20.8 Å². The van der Waals surface area contributed by atoms with Crippen LogP contribution in [0.15, 0.2) is 29.3 Å². The Hall–Kier alpha value is -4.18. The lowest BCUT2D eigenvalue weighted by Gasteiger charge is -2.12. The predicted molar refractivity (Wildman–Crippen MR) is 124 cm³/mol. The summed E-state index contributed by atoms with van der Waals surface area (Å²) in [4.78, 5) is 79.1. The number of rotatable bonds is 18. The van der Waals surface area contributed by atoms with Crippen molar-refractivity contribution in [3.63, 3.8) is 0 Å². The number of nitrogens with one attached hydrogen (secondary N) is 3. The van der Waals surface area contributed by atoms with Gasteiger partial charge >= 0.3 is 24.1 Å². The molecule has 0 bridgehead atoms. The Morgan fingerprint density at radius 3 is 2.03 bits per heavy atom. The summed E-state index contributed by atoms with van der Waals surface area (Å²) < 4.78 is 14.2. The molecule has 0 aliphatic carbocycles. The maximum absolute atomic E-state index is 11.9. The smallest absolute Gasteiger partial charge is 0.440 e. The summed E-state index contributed by atoms with van der Waals surface area (Å²) in [7, 11) is 0. The van der Waals surface area contributed by atoms with Crippen LogP contribution in [-0.2, 0) is 48.1 Å². The zero-order valence-corrected chi connectivity index (χ0v) is 20.9. The minimum Gasteiger partial charge on any atom is -0.460 e. The van der Waals surface area contributed by atoms with Gasteiger partial charge in [0.2, 0.25) is 12.3 Å². The van der Waals surface area contributed by atoms with Crippen LogP contribution in [0, 0.1) is 5.92 Å². The fourth-order valence-electron chi connectivity index (χ4n) is 1.66. The lowest BCUT2D eigenvalue weighted by Crippen LogP contribution is -2.41. The van der Waals surface area contributed by atoms with Gasteiger partial charge in [-0.15, -0.1) is 0 Å². The second-order valence-corrected chi connectivity index (χ2v) is 6.96. The SMILES string of the molecule is C=C(C)C(=O)OCCOOC=NCNC(=O)OOCC(C)C(=O)NCNC(=O)OCCOC(=O)C(=C)C. The van der Waals surface area contributed by atoms with Gasteiger partial charge in [-0.1, -0.05) is 20.1 Å². The minimum absolute atomic E-state index is 0.0443. The summed E-state index contributed by atoms with van der Waals surface area (Å²) in [6, 6.07) is 0. The molecule has 16 heteroatoms. The average molecular weight is 533 g/mol. The Kier molecular flexibility index (Phi) is 17.8. The summed E-state index contributed by atoms with van der Waals surface area (Å²) in [6.07, 6.45) is -0.911. The fraction of sp³-hybridized carbons (Fsp3) is 0.524. The van der Waals surface area contributed by atoms with Crippen molar-refractivity contribution in [3.05, 3.63) is 24.3 Å². The van der Waals surface area contributed by atoms with E-state index < -0.39 is 36.0 Å². The van der Waals surface area contributed by atoms with Gasteiger partial charge < -0.3 is 29.7 Å². The van der Waals surface area contributed by atoms with Crippen molar-refractivity contribution in [1.82, 2.24) is 16.0 Å². The van der Waals surface area contributed by atoms with E-state index in [0.29, 0.717) is 0 Å². The lowest BCUT2D eigenvalue weighted by molar-refractivity contribution is -0.244. The van der Waals surface area contributed by atoms with Gasteiger partial charge in [0, 0.05) is 11.1 Å². The number of nitrogens with zero attached hydrogens (tertiary/aromatic N) is 1. The summed E-state index contributed by atoms with van der Waals surface area (Å²) in [5.74, 6) is -2.39. The Bertz CT molecular complexity index is 830. The summed E-state index contributed by atoms with van der Waals surface area (Å²) in [5, 5.41) is 6.86. The van der Waals surface area contributed by atoms with Crippen molar-refractivity contribution in [2.24, 2.45) is 10.9 Å². The summed E-state index contributed by atoms with van der Waals surface area (Å²) >= 11 is 0. The van der Waals surface area contributed by atoms with Gasteiger partial charge in [-0.3, -0.25) is 15.0 Å². The van der Waals surface area contributed by atoms with Crippen LogP contribution in [0.4, 0.5) is 9.59 Å². The number of alkyl carbamates (subject to hydrolysis) is 1. The standard InChI is InChI=1S/C21H32N4O12/c1-14(2)18(27)31-6-7-33-20(29)25-12-23-17(26)16(5)10-35-37-21(30)24-11-22-13-36-34-9-8-32-19(28)15(3)4/h13,16H,1,3,6-12H2,2,4-5H3,(H,23,26)(H,24,30)(H,25,29). The van der Waals surface area contributed by atoms with Crippen LogP contribution in [0.3, 0.4) is 0 Å². The van der Waals surface area contributed by atoms with E-state index in [0.717, 1.165) is 6.40 Å². The van der Waals surface area contributed by atoms with Gasteiger partial charge in [0.1, 0.15) is 39.7 Å². The lowest BCUT2D eigenvalue weighted by atomic mass is 10.2. The largest absolute Gasteiger partial charge is 0.460 e.